The summed E-state index contributed by atoms with van der Waals surface area (Å²) in [7, 11) is 0. The first-order valence-electron chi connectivity index (χ1n) is 6.77. The number of imide groups is 1. The van der Waals surface area contributed by atoms with Crippen molar-refractivity contribution in [3.05, 3.63) is 41.5 Å². The largest absolute Gasteiger partial charge is 0.398 e. The number of amides is 2. The van der Waals surface area contributed by atoms with Gasteiger partial charge in [-0.3, -0.25) is 14.9 Å². The molecule has 0 unspecified atom stereocenters. The lowest BCUT2D eigenvalue weighted by atomic mass is 9.99. The van der Waals surface area contributed by atoms with Crippen LogP contribution in [0.3, 0.4) is 0 Å². The van der Waals surface area contributed by atoms with Crippen molar-refractivity contribution in [1.82, 2.24) is 5.32 Å². The Morgan fingerprint density at radius 2 is 1.60 bits per heavy atom. The van der Waals surface area contributed by atoms with Gasteiger partial charge in [0.1, 0.15) is 0 Å². The van der Waals surface area contributed by atoms with Crippen molar-refractivity contribution in [2.45, 2.75) is 26.7 Å². The van der Waals surface area contributed by atoms with E-state index in [1.165, 1.54) is 12.8 Å². The molecule has 4 nitrogen and oxygen atoms in total. The summed E-state index contributed by atoms with van der Waals surface area (Å²) in [6, 6.07) is 8.85. The van der Waals surface area contributed by atoms with Crippen molar-refractivity contribution in [3.8, 4) is 0 Å². The number of anilines is 1. The number of hydrogen-bond acceptors (Lipinski definition) is 3. The molecule has 1 aliphatic heterocycles. The smallest absolute Gasteiger partial charge is 0.259 e. The van der Waals surface area contributed by atoms with Gasteiger partial charge in [0.15, 0.2) is 0 Å². The highest BCUT2D eigenvalue weighted by molar-refractivity contribution is 6.27. The number of nitrogens with one attached hydrogen (secondary N) is 1. The van der Waals surface area contributed by atoms with Crippen molar-refractivity contribution < 1.29 is 9.59 Å². The van der Waals surface area contributed by atoms with Crippen LogP contribution < -0.4 is 11.1 Å². The molecule has 4 heteroatoms. The van der Waals surface area contributed by atoms with Crippen LogP contribution in [0.2, 0.25) is 0 Å². The van der Waals surface area contributed by atoms with Crippen LogP contribution in [-0.4, -0.2) is 11.8 Å². The predicted octanol–water partition coefficient (Wildman–Crippen LogP) is 3.11. The van der Waals surface area contributed by atoms with Gasteiger partial charge in [0.25, 0.3) is 11.8 Å². The third-order valence-corrected chi connectivity index (χ3v) is 3.28. The fourth-order valence-corrected chi connectivity index (χ4v) is 2.06. The summed E-state index contributed by atoms with van der Waals surface area (Å²) < 4.78 is 0. The highest BCUT2D eigenvalue weighted by atomic mass is 16.2. The highest BCUT2D eigenvalue weighted by Gasteiger charge is 2.29. The number of rotatable bonds is 1. The molecule has 104 valence electrons. The number of carbonyl (C=O) groups excluding carboxylic acids is 2. The molecule has 20 heavy (non-hydrogen) atoms. The van der Waals surface area contributed by atoms with Crippen molar-refractivity contribution in [3.63, 3.8) is 0 Å². The van der Waals surface area contributed by atoms with Gasteiger partial charge < -0.3 is 5.73 Å². The first kappa shape index (κ1) is 14.1. The van der Waals surface area contributed by atoms with E-state index < -0.39 is 0 Å². The summed E-state index contributed by atoms with van der Waals surface area (Å²) >= 11 is 0. The summed E-state index contributed by atoms with van der Waals surface area (Å²) in [5, 5.41) is 3.79. The van der Waals surface area contributed by atoms with Crippen LogP contribution in [-0.2, 0) is 0 Å². The Labute approximate surface area is 118 Å². The standard InChI is InChI=1S/C12H8N2O2.C4H10/c13-9-5-8-10(12(16)14-11(8)15)7-4-2-1-3-6(7)9;1-3-4-2/h1-5H,13H2,(H,14,15,16);3-4H2,1-2H3. The lowest BCUT2D eigenvalue weighted by molar-refractivity contribution is 0.0880. The lowest BCUT2D eigenvalue weighted by Crippen LogP contribution is -2.19. The van der Waals surface area contributed by atoms with Crippen LogP contribution in [0.5, 0.6) is 0 Å². The number of carbonyl (C=O) groups is 2. The molecule has 0 radical (unpaired) electrons. The van der Waals surface area contributed by atoms with Gasteiger partial charge in [0, 0.05) is 11.1 Å². The fraction of sp³-hybridized carbons (Fsp3) is 0.250. The summed E-state index contributed by atoms with van der Waals surface area (Å²) in [6.07, 6.45) is 2.64. The predicted molar refractivity (Wildman–Crippen MR) is 80.7 cm³/mol. The maximum absolute atomic E-state index is 11.6. The third kappa shape index (κ3) is 2.37. The minimum atomic E-state index is -0.377. The van der Waals surface area contributed by atoms with Crippen molar-refractivity contribution in [2.24, 2.45) is 0 Å². The molecule has 2 aromatic rings. The van der Waals surface area contributed by atoms with Gasteiger partial charge >= 0.3 is 0 Å². The summed E-state index contributed by atoms with van der Waals surface area (Å²) in [5.41, 5.74) is 7.15. The second-order valence-corrected chi connectivity index (χ2v) is 4.72. The molecule has 0 saturated heterocycles. The van der Waals surface area contributed by atoms with Gasteiger partial charge in [0.2, 0.25) is 0 Å². The third-order valence-electron chi connectivity index (χ3n) is 3.28. The molecule has 2 amide bonds. The van der Waals surface area contributed by atoms with E-state index in [2.05, 4.69) is 19.2 Å². The molecule has 1 heterocycles. The van der Waals surface area contributed by atoms with Crippen LogP contribution >= 0.6 is 0 Å². The van der Waals surface area contributed by atoms with Gasteiger partial charge in [-0.15, -0.1) is 0 Å². The van der Waals surface area contributed by atoms with E-state index in [0.29, 0.717) is 16.8 Å². The second-order valence-electron chi connectivity index (χ2n) is 4.72. The molecular weight excluding hydrogens is 252 g/mol. The number of unbranched alkanes of at least 4 members (excludes halogenated alkanes) is 1. The van der Waals surface area contributed by atoms with E-state index in [9.17, 15) is 9.59 Å². The zero-order valence-electron chi connectivity index (χ0n) is 11.7. The van der Waals surface area contributed by atoms with E-state index in [0.717, 1.165) is 10.8 Å². The normalized spacial score (nSPS) is 12.7. The molecule has 0 spiro atoms. The van der Waals surface area contributed by atoms with Crippen LogP contribution in [0.1, 0.15) is 47.4 Å². The zero-order chi connectivity index (χ0) is 14.7. The van der Waals surface area contributed by atoms with Crippen molar-refractivity contribution in [2.75, 3.05) is 5.73 Å². The zero-order valence-corrected chi connectivity index (χ0v) is 11.7. The van der Waals surface area contributed by atoms with E-state index in [1.807, 2.05) is 18.2 Å². The quantitative estimate of drug-likeness (QED) is 0.617. The molecule has 0 atom stereocenters. The van der Waals surface area contributed by atoms with E-state index >= 15 is 0 Å². The summed E-state index contributed by atoms with van der Waals surface area (Å²) in [4.78, 5) is 23.1. The first-order valence-corrected chi connectivity index (χ1v) is 6.77. The molecular formula is C16H18N2O2. The minimum Gasteiger partial charge on any atom is -0.398 e. The average molecular weight is 270 g/mol. The highest BCUT2D eigenvalue weighted by Crippen LogP contribution is 2.30. The van der Waals surface area contributed by atoms with Crippen LogP contribution in [0.4, 0.5) is 5.69 Å². The topological polar surface area (TPSA) is 72.2 Å². The first-order chi connectivity index (χ1) is 9.60. The minimum absolute atomic E-state index is 0.351. The summed E-state index contributed by atoms with van der Waals surface area (Å²) in [5.74, 6) is -0.728. The molecule has 2 aromatic carbocycles. The second kappa shape index (κ2) is 5.74. The monoisotopic (exact) mass is 270 g/mol. The van der Waals surface area contributed by atoms with Gasteiger partial charge in [-0.1, -0.05) is 51.0 Å². The number of fused-ring (bicyclic) bond motifs is 3. The van der Waals surface area contributed by atoms with E-state index in [1.54, 1.807) is 12.1 Å². The lowest BCUT2D eigenvalue weighted by Gasteiger charge is -2.05. The Bertz CT molecular complexity index is 675. The Balaban J connectivity index is 0.000000328. The molecule has 0 fully saturated rings. The van der Waals surface area contributed by atoms with Gasteiger partial charge in [-0.05, 0) is 11.5 Å². The Morgan fingerprint density at radius 1 is 1.00 bits per heavy atom. The molecule has 0 saturated carbocycles. The van der Waals surface area contributed by atoms with Crippen molar-refractivity contribution >= 4 is 28.3 Å². The Kier molecular flexibility index (Phi) is 4.03. The van der Waals surface area contributed by atoms with Crippen molar-refractivity contribution in [1.29, 1.82) is 0 Å². The SMILES string of the molecule is CCCC.Nc1cc2c(c3ccccc13)C(=O)NC2=O. The maximum Gasteiger partial charge on any atom is 0.259 e. The Hall–Kier alpha value is -2.36. The van der Waals surface area contributed by atoms with Crippen LogP contribution in [0.25, 0.3) is 10.8 Å². The molecule has 0 aliphatic carbocycles. The Morgan fingerprint density at radius 3 is 2.20 bits per heavy atom. The van der Waals surface area contributed by atoms with Gasteiger partial charge in [0.05, 0.1) is 11.1 Å². The number of hydrogen-bond donors (Lipinski definition) is 2. The van der Waals surface area contributed by atoms with E-state index in [4.69, 9.17) is 5.73 Å². The average Bonchev–Trinajstić information content (AvgIpc) is 2.74. The number of nitrogen functional groups attached to an aromatic ring is 1. The molecule has 1 aliphatic rings. The molecule has 0 bridgehead atoms. The molecule has 3 N–H and O–H groups in total. The fourth-order valence-electron chi connectivity index (χ4n) is 2.06. The maximum atomic E-state index is 11.6. The molecule has 0 aromatic heterocycles. The van der Waals surface area contributed by atoms with Gasteiger partial charge in [-0.25, -0.2) is 0 Å². The summed E-state index contributed by atoms with van der Waals surface area (Å²) in [6.45, 7) is 4.36. The molecule has 3 rings (SSSR count). The number of benzene rings is 2. The van der Waals surface area contributed by atoms with Crippen LogP contribution in [0.15, 0.2) is 30.3 Å². The van der Waals surface area contributed by atoms with E-state index in [-0.39, 0.29) is 11.8 Å². The van der Waals surface area contributed by atoms with Crippen LogP contribution in [0, 0.1) is 0 Å². The number of nitrogens with two attached hydrogens (primary N) is 1. The van der Waals surface area contributed by atoms with Gasteiger partial charge in [-0.2, -0.15) is 0 Å².